The van der Waals surface area contributed by atoms with Gasteiger partial charge in [0.1, 0.15) is 6.10 Å². The predicted octanol–water partition coefficient (Wildman–Crippen LogP) is 4.75. The third kappa shape index (κ3) is 3.71. The van der Waals surface area contributed by atoms with Crippen LogP contribution in [0.5, 0.6) is 0 Å². The lowest BCUT2D eigenvalue weighted by Gasteiger charge is -2.30. The topological polar surface area (TPSA) is 72.5 Å². The lowest BCUT2D eigenvalue weighted by atomic mass is 9.88. The van der Waals surface area contributed by atoms with E-state index < -0.39 is 11.7 Å². The average molecular weight is 411 g/mol. The minimum absolute atomic E-state index is 0.128. The van der Waals surface area contributed by atoms with Gasteiger partial charge in [-0.2, -0.15) is 4.52 Å². The summed E-state index contributed by atoms with van der Waals surface area (Å²) < 4.78 is 7.96. The number of hydrogen-bond donors (Lipinski definition) is 1. The van der Waals surface area contributed by atoms with Crippen molar-refractivity contribution in [3.63, 3.8) is 0 Å². The highest BCUT2D eigenvalue weighted by Crippen LogP contribution is 2.40. The maximum absolute atomic E-state index is 10.2. The van der Waals surface area contributed by atoms with Crippen LogP contribution in [0.3, 0.4) is 0 Å². The van der Waals surface area contributed by atoms with E-state index >= 15 is 0 Å². The zero-order valence-electron chi connectivity index (χ0n) is 16.8. The first-order chi connectivity index (χ1) is 13.8. The van der Waals surface area contributed by atoms with Crippen LogP contribution < -0.4 is 0 Å². The minimum atomic E-state index is -0.477. The molecule has 0 bridgehead atoms. The summed E-state index contributed by atoms with van der Waals surface area (Å²) in [4.78, 5) is 0. The van der Waals surface area contributed by atoms with Crippen molar-refractivity contribution in [2.45, 2.75) is 39.4 Å². The van der Waals surface area contributed by atoms with Crippen molar-refractivity contribution in [2.75, 3.05) is 6.61 Å². The number of aliphatic hydroxyl groups excluding tert-OH is 1. The summed E-state index contributed by atoms with van der Waals surface area (Å²) in [6, 6.07) is 13.6. The second-order valence-electron chi connectivity index (χ2n) is 8.11. The molecule has 2 heterocycles. The molecular formula is C22H23ClN4O2. The first kappa shape index (κ1) is 19.8. The van der Waals surface area contributed by atoms with Crippen LogP contribution >= 0.6 is 11.6 Å². The Bertz CT molecular complexity index is 1180. The van der Waals surface area contributed by atoms with E-state index in [0.717, 1.165) is 33.2 Å². The number of nitrogens with zero attached hydrogens (tertiary/aromatic N) is 4. The maximum atomic E-state index is 10.2. The molecule has 2 aromatic heterocycles. The van der Waals surface area contributed by atoms with Crippen LogP contribution in [0.2, 0.25) is 5.02 Å². The summed E-state index contributed by atoms with van der Waals surface area (Å²) in [6.07, 6.45) is -0.477. The lowest BCUT2D eigenvalue weighted by molar-refractivity contribution is -0.0821. The van der Waals surface area contributed by atoms with Gasteiger partial charge in [0.15, 0.2) is 5.65 Å². The van der Waals surface area contributed by atoms with Crippen LogP contribution in [-0.2, 0) is 4.74 Å². The zero-order chi connectivity index (χ0) is 20.8. The van der Waals surface area contributed by atoms with E-state index in [1.54, 1.807) is 4.52 Å². The van der Waals surface area contributed by atoms with Crippen molar-refractivity contribution in [3.05, 3.63) is 58.6 Å². The van der Waals surface area contributed by atoms with Crippen LogP contribution in [0.1, 0.15) is 38.0 Å². The number of benzene rings is 2. The molecule has 0 radical (unpaired) electrons. The maximum Gasteiger partial charge on any atom is 0.179 e. The molecule has 150 valence electrons. The number of fused-ring (bicyclic) bond motifs is 3. The predicted molar refractivity (Wildman–Crippen MR) is 114 cm³/mol. The molecule has 1 N–H and O–H groups in total. The number of ether oxygens (including phenoxy) is 1. The highest BCUT2D eigenvalue weighted by molar-refractivity contribution is 6.30. The Balaban J connectivity index is 2.08. The van der Waals surface area contributed by atoms with Crippen LogP contribution in [-0.4, -0.2) is 37.4 Å². The average Bonchev–Trinajstić information content (AvgIpc) is 3.15. The molecule has 0 saturated carbocycles. The van der Waals surface area contributed by atoms with Gasteiger partial charge < -0.3 is 9.84 Å². The van der Waals surface area contributed by atoms with Gasteiger partial charge in [-0.3, -0.25) is 0 Å². The number of tetrazole rings is 1. The zero-order valence-corrected chi connectivity index (χ0v) is 17.6. The molecule has 2 aromatic carbocycles. The van der Waals surface area contributed by atoms with E-state index in [1.165, 1.54) is 0 Å². The fraction of sp³-hybridized carbons (Fsp3) is 0.318. The molecule has 6 nitrogen and oxygen atoms in total. The highest BCUT2D eigenvalue weighted by atomic mass is 35.5. The van der Waals surface area contributed by atoms with E-state index in [2.05, 4.69) is 15.5 Å². The molecule has 1 unspecified atom stereocenters. The molecule has 29 heavy (non-hydrogen) atoms. The molecule has 4 rings (SSSR count). The quantitative estimate of drug-likeness (QED) is 0.525. The number of aryl methyl sites for hydroxylation is 1. The van der Waals surface area contributed by atoms with E-state index in [1.807, 2.05) is 70.2 Å². The van der Waals surface area contributed by atoms with E-state index in [9.17, 15) is 5.11 Å². The lowest BCUT2D eigenvalue weighted by Crippen LogP contribution is -2.25. The van der Waals surface area contributed by atoms with Gasteiger partial charge in [0.05, 0.1) is 17.7 Å². The Morgan fingerprint density at radius 2 is 1.86 bits per heavy atom. The largest absolute Gasteiger partial charge is 0.393 e. The van der Waals surface area contributed by atoms with Crippen LogP contribution in [0, 0.1) is 6.92 Å². The molecule has 0 aliphatic carbocycles. The fourth-order valence-corrected chi connectivity index (χ4v) is 3.88. The fourth-order valence-electron chi connectivity index (χ4n) is 3.76. The van der Waals surface area contributed by atoms with E-state index in [-0.39, 0.29) is 6.61 Å². The Hall–Kier alpha value is -2.54. The number of aliphatic hydroxyl groups is 1. The van der Waals surface area contributed by atoms with Crippen LogP contribution in [0.25, 0.3) is 27.7 Å². The molecular weight excluding hydrogens is 388 g/mol. The molecule has 0 amide bonds. The number of rotatable bonds is 4. The van der Waals surface area contributed by atoms with Gasteiger partial charge in [0, 0.05) is 10.4 Å². The van der Waals surface area contributed by atoms with Gasteiger partial charge in [0.2, 0.25) is 0 Å². The number of halogens is 1. The van der Waals surface area contributed by atoms with Crippen LogP contribution in [0.15, 0.2) is 42.5 Å². The molecule has 0 spiro atoms. The third-order valence-corrected chi connectivity index (χ3v) is 5.08. The molecule has 0 aliphatic rings. The summed E-state index contributed by atoms with van der Waals surface area (Å²) in [5, 5.41) is 23.8. The van der Waals surface area contributed by atoms with Gasteiger partial charge in [0.25, 0.3) is 0 Å². The SMILES string of the molecule is Cc1cc2c(ccc3nnnn32)c(-c2ccc(Cl)cc2)c1C(CO)OC(C)(C)C. The van der Waals surface area contributed by atoms with Gasteiger partial charge in [-0.15, -0.1) is 5.10 Å². The number of pyridine rings is 1. The summed E-state index contributed by atoms with van der Waals surface area (Å²) in [5.74, 6) is 0. The molecule has 0 saturated heterocycles. The Labute approximate surface area is 174 Å². The van der Waals surface area contributed by atoms with Gasteiger partial charge in [-0.05, 0) is 90.7 Å². The molecule has 7 heteroatoms. The monoisotopic (exact) mass is 410 g/mol. The smallest absolute Gasteiger partial charge is 0.179 e. The normalized spacial score (nSPS) is 13.3. The van der Waals surface area contributed by atoms with Gasteiger partial charge in [-0.25, -0.2) is 0 Å². The van der Waals surface area contributed by atoms with Crippen molar-refractivity contribution in [3.8, 4) is 11.1 Å². The van der Waals surface area contributed by atoms with Gasteiger partial charge >= 0.3 is 0 Å². The number of aromatic nitrogens is 4. The summed E-state index contributed by atoms with van der Waals surface area (Å²) >= 11 is 6.13. The second-order valence-corrected chi connectivity index (χ2v) is 8.54. The second kappa shape index (κ2) is 7.37. The third-order valence-electron chi connectivity index (χ3n) is 4.83. The van der Waals surface area contributed by atoms with Crippen molar-refractivity contribution in [2.24, 2.45) is 0 Å². The molecule has 1 atom stereocenters. The van der Waals surface area contributed by atoms with E-state index in [4.69, 9.17) is 16.3 Å². The minimum Gasteiger partial charge on any atom is -0.393 e. The van der Waals surface area contributed by atoms with Crippen molar-refractivity contribution < 1.29 is 9.84 Å². The highest BCUT2D eigenvalue weighted by Gasteiger charge is 2.26. The number of hydrogen-bond acceptors (Lipinski definition) is 5. The van der Waals surface area contributed by atoms with Crippen molar-refractivity contribution in [1.82, 2.24) is 20.0 Å². The van der Waals surface area contributed by atoms with E-state index in [0.29, 0.717) is 10.7 Å². The van der Waals surface area contributed by atoms with Crippen LogP contribution in [0.4, 0.5) is 0 Å². The molecule has 4 aromatic rings. The summed E-state index contributed by atoms with van der Waals surface area (Å²) in [5.41, 5.74) is 5.08. The summed E-state index contributed by atoms with van der Waals surface area (Å²) in [6.45, 7) is 7.85. The molecule has 0 aliphatic heterocycles. The van der Waals surface area contributed by atoms with Gasteiger partial charge in [-0.1, -0.05) is 23.7 Å². The first-order valence-corrected chi connectivity index (χ1v) is 9.85. The first-order valence-electron chi connectivity index (χ1n) is 9.47. The summed E-state index contributed by atoms with van der Waals surface area (Å²) in [7, 11) is 0. The Morgan fingerprint density at radius 3 is 2.52 bits per heavy atom. The van der Waals surface area contributed by atoms with Crippen molar-refractivity contribution >= 4 is 28.2 Å². The standard InChI is InChI=1S/C22H23ClN4O2/c1-13-11-17-16(9-10-19-24-25-26-27(17)19)21(14-5-7-15(23)8-6-14)20(13)18(12-28)29-22(2,3)4/h5-11,18,28H,12H2,1-4H3. The van der Waals surface area contributed by atoms with Crippen molar-refractivity contribution in [1.29, 1.82) is 0 Å². The Kier molecular flexibility index (Phi) is 5.02. The Morgan fingerprint density at radius 1 is 1.14 bits per heavy atom. The molecule has 0 fully saturated rings.